The number of quaternary nitrogens is 1. The summed E-state index contributed by atoms with van der Waals surface area (Å²) in [5, 5.41) is 0. The van der Waals surface area contributed by atoms with Crippen molar-refractivity contribution < 1.29 is 18.8 Å². The molecule has 0 aromatic carbocycles. The summed E-state index contributed by atoms with van der Waals surface area (Å²) in [6.45, 7) is 7.62. The smallest absolute Gasteiger partial charge is 0.310 e. The molecule has 2 rings (SSSR count). The largest absolute Gasteiger partial charge is 0.476 e. The molecule has 0 aliphatic carbocycles. The molecule has 1 aromatic rings. The minimum atomic E-state index is -0.0417. The molecule has 0 radical (unpaired) electrons. The third kappa shape index (κ3) is 13.9. The standard InChI is InChI=1S/C30H56N3O3S/c1-4-6-8-10-11-12-13-14-15-16-17-18-22-28(34)36-26-33(3)23-20-21-27(25-33)29-30(32-37-31-29)35-24-19-9-7-5-2/h27H,4-26H2,1-3H3/q+1. The molecule has 2 atom stereocenters. The van der Waals surface area contributed by atoms with Gasteiger partial charge in [0, 0.05) is 6.42 Å². The number of nitrogens with zero attached hydrogens (tertiary/aromatic N) is 3. The van der Waals surface area contributed by atoms with Gasteiger partial charge in [0.15, 0.2) is 0 Å². The zero-order valence-corrected chi connectivity index (χ0v) is 25.1. The Hall–Kier alpha value is -1.21. The molecule has 1 aliphatic heterocycles. The van der Waals surface area contributed by atoms with Gasteiger partial charge < -0.3 is 9.47 Å². The number of likely N-dealkylation sites (tertiary alicyclic amines) is 1. The van der Waals surface area contributed by atoms with Gasteiger partial charge in [-0.1, -0.05) is 104 Å². The van der Waals surface area contributed by atoms with Gasteiger partial charge in [0.05, 0.1) is 44.4 Å². The summed E-state index contributed by atoms with van der Waals surface area (Å²) in [6, 6.07) is 0. The van der Waals surface area contributed by atoms with Gasteiger partial charge in [-0.05, 0) is 25.7 Å². The van der Waals surface area contributed by atoms with Gasteiger partial charge in [0.25, 0.3) is 0 Å². The van der Waals surface area contributed by atoms with Crippen LogP contribution in [0.4, 0.5) is 0 Å². The van der Waals surface area contributed by atoms with E-state index < -0.39 is 0 Å². The monoisotopic (exact) mass is 538 g/mol. The first-order valence-electron chi connectivity index (χ1n) is 15.5. The highest BCUT2D eigenvalue weighted by Crippen LogP contribution is 2.34. The zero-order chi connectivity index (χ0) is 26.6. The molecule has 1 aliphatic rings. The van der Waals surface area contributed by atoms with Crippen LogP contribution >= 0.6 is 11.7 Å². The average molecular weight is 539 g/mol. The molecular weight excluding hydrogens is 482 g/mol. The number of hydrogen-bond acceptors (Lipinski definition) is 6. The molecule has 1 aromatic heterocycles. The SMILES string of the molecule is CCCCCCCCCCCCCCC(=O)OC[N+]1(C)CCCC(c2nsnc2OCCCCCC)C1. The van der Waals surface area contributed by atoms with Gasteiger partial charge in [0.1, 0.15) is 5.69 Å². The van der Waals surface area contributed by atoms with Crippen LogP contribution in [0.2, 0.25) is 0 Å². The number of piperidine rings is 1. The van der Waals surface area contributed by atoms with E-state index in [4.69, 9.17) is 9.47 Å². The van der Waals surface area contributed by atoms with E-state index >= 15 is 0 Å². The minimum absolute atomic E-state index is 0.0417. The Kier molecular flexibility index (Phi) is 17.1. The van der Waals surface area contributed by atoms with Gasteiger partial charge >= 0.3 is 5.97 Å². The lowest BCUT2D eigenvalue weighted by molar-refractivity contribution is -0.931. The lowest BCUT2D eigenvalue weighted by atomic mass is 9.94. The highest BCUT2D eigenvalue weighted by atomic mass is 32.1. The van der Waals surface area contributed by atoms with Crippen molar-refractivity contribution in [2.75, 3.05) is 33.5 Å². The molecule has 1 saturated heterocycles. The van der Waals surface area contributed by atoms with Crippen molar-refractivity contribution in [3.8, 4) is 5.88 Å². The van der Waals surface area contributed by atoms with E-state index in [1.54, 1.807) is 0 Å². The summed E-state index contributed by atoms with van der Waals surface area (Å²) >= 11 is 1.25. The number of esters is 1. The topological polar surface area (TPSA) is 61.3 Å². The fraction of sp³-hybridized carbons (Fsp3) is 0.900. The lowest BCUT2D eigenvalue weighted by Crippen LogP contribution is -2.52. The molecule has 37 heavy (non-hydrogen) atoms. The van der Waals surface area contributed by atoms with Crippen LogP contribution in [0.5, 0.6) is 5.88 Å². The fourth-order valence-electron chi connectivity index (χ4n) is 5.42. The Morgan fingerprint density at radius 1 is 0.865 bits per heavy atom. The molecule has 214 valence electrons. The summed E-state index contributed by atoms with van der Waals surface area (Å²) in [4.78, 5) is 12.4. The number of rotatable bonds is 22. The van der Waals surface area contributed by atoms with Gasteiger partial charge in [-0.3, -0.25) is 9.28 Å². The van der Waals surface area contributed by atoms with Gasteiger partial charge in [-0.2, -0.15) is 4.37 Å². The number of ether oxygens (including phenoxy) is 2. The van der Waals surface area contributed by atoms with E-state index in [9.17, 15) is 4.79 Å². The summed E-state index contributed by atoms with van der Waals surface area (Å²) in [7, 11) is 2.20. The van der Waals surface area contributed by atoms with Gasteiger partial charge in [0.2, 0.25) is 12.6 Å². The number of unbranched alkanes of at least 4 members (excludes halogenated alkanes) is 14. The van der Waals surface area contributed by atoms with Crippen LogP contribution in [-0.2, 0) is 9.53 Å². The van der Waals surface area contributed by atoms with Crippen LogP contribution < -0.4 is 4.74 Å². The van der Waals surface area contributed by atoms with Crippen LogP contribution in [0.25, 0.3) is 0 Å². The maximum absolute atomic E-state index is 12.4. The Morgan fingerprint density at radius 2 is 1.46 bits per heavy atom. The molecule has 0 N–H and O–H groups in total. The summed E-state index contributed by atoms with van der Waals surface area (Å²) in [5.41, 5.74) is 1.01. The first kappa shape index (κ1) is 32.0. The maximum Gasteiger partial charge on any atom is 0.310 e. The predicted molar refractivity (Wildman–Crippen MR) is 154 cm³/mol. The number of carbonyl (C=O) groups is 1. The Labute approximate surface area is 231 Å². The molecule has 6 nitrogen and oxygen atoms in total. The van der Waals surface area contributed by atoms with Crippen LogP contribution in [0.3, 0.4) is 0 Å². The Balaban J connectivity index is 1.57. The number of aromatic nitrogens is 2. The highest BCUT2D eigenvalue weighted by molar-refractivity contribution is 6.99. The van der Waals surface area contributed by atoms with E-state index in [-0.39, 0.29) is 5.97 Å². The zero-order valence-electron chi connectivity index (χ0n) is 24.3. The molecular formula is C30H56N3O3S+. The molecule has 0 amide bonds. The van der Waals surface area contributed by atoms with Crippen LogP contribution in [0.1, 0.15) is 147 Å². The summed E-state index contributed by atoms with van der Waals surface area (Å²) < 4.78 is 21.5. The summed E-state index contributed by atoms with van der Waals surface area (Å²) in [5.74, 6) is 1.00. The van der Waals surface area contributed by atoms with Gasteiger partial charge in [-0.15, -0.1) is 4.37 Å². The molecule has 0 saturated carbocycles. The molecule has 0 spiro atoms. The van der Waals surface area contributed by atoms with Crippen molar-refractivity contribution >= 4 is 17.7 Å². The average Bonchev–Trinajstić information content (AvgIpc) is 3.37. The number of carbonyl (C=O) groups excluding carboxylic acids is 1. The third-order valence-corrected chi connectivity index (χ3v) is 8.31. The van der Waals surface area contributed by atoms with E-state index in [2.05, 4.69) is 29.6 Å². The second kappa shape index (κ2) is 19.8. The Bertz CT molecular complexity index is 714. The quantitative estimate of drug-likeness (QED) is 0.0842. The van der Waals surface area contributed by atoms with E-state index in [1.807, 2.05) is 0 Å². The summed E-state index contributed by atoms with van der Waals surface area (Å²) in [6.07, 6.45) is 23.2. The van der Waals surface area contributed by atoms with E-state index in [0.717, 1.165) is 61.3 Å². The maximum atomic E-state index is 12.4. The van der Waals surface area contributed by atoms with Crippen molar-refractivity contribution in [2.24, 2.45) is 0 Å². The second-order valence-corrected chi connectivity index (χ2v) is 12.0. The molecule has 7 heteroatoms. The highest BCUT2D eigenvalue weighted by Gasteiger charge is 2.36. The predicted octanol–water partition coefficient (Wildman–Crippen LogP) is 8.41. The first-order valence-corrected chi connectivity index (χ1v) is 16.3. The fourth-order valence-corrected chi connectivity index (χ4v) is 6.00. The van der Waals surface area contributed by atoms with Crippen molar-refractivity contribution in [3.63, 3.8) is 0 Å². The van der Waals surface area contributed by atoms with Crippen molar-refractivity contribution in [1.29, 1.82) is 0 Å². The normalized spacial score (nSPS) is 19.7. The molecule has 2 unspecified atom stereocenters. The number of hydrogen-bond donors (Lipinski definition) is 0. The molecule has 2 heterocycles. The van der Waals surface area contributed by atoms with Crippen molar-refractivity contribution in [3.05, 3.63) is 5.69 Å². The van der Waals surface area contributed by atoms with E-state index in [0.29, 0.717) is 25.7 Å². The van der Waals surface area contributed by atoms with Crippen LogP contribution in [0.15, 0.2) is 0 Å². The molecule has 0 bridgehead atoms. The van der Waals surface area contributed by atoms with Crippen LogP contribution in [0, 0.1) is 0 Å². The number of likely N-dealkylation sites (N-methyl/N-ethyl adjacent to an activating group) is 1. The van der Waals surface area contributed by atoms with Gasteiger partial charge in [-0.25, -0.2) is 0 Å². The van der Waals surface area contributed by atoms with Crippen molar-refractivity contribution in [2.45, 2.75) is 142 Å². The Morgan fingerprint density at radius 3 is 2.11 bits per heavy atom. The van der Waals surface area contributed by atoms with Crippen LogP contribution in [-0.4, -0.2) is 52.7 Å². The van der Waals surface area contributed by atoms with Crippen molar-refractivity contribution in [1.82, 2.24) is 8.75 Å². The van der Waals surface area contributed by atoms with E-state index in [1.165, 1.54) is 95.2 Å². The lowest BCUT2D eigenvalue weighted by Gasteiger charge is -2.39. The third-order valence-electron chi connectivity index (χ3n) is 7.79. The second-order valence-electron chi connectivity index (χ2n) is 11.5. The molecule has 1 fully saturated rings. The first-order chi connectivity index (χ1) is 18.1. The minimum Gasteiger partial charge on any atom is -0.476 e.